The first kappa shape index (κ1) is 26.2. The molecule has 1 N–H and O–H groups in total. The van der Waals surface area contributed by atoms with Crippen LogP contribution in [0.1, 0.15) is 17.5 Å². The van der Waals surface area contributed by atoms with E-state index in [1.54, 1.807) is 30.1 Å². The summed E-state index contributed by atoms with van der Waals surface area (Å²) in [5.41, 5.74) is 0.704. The maximum absolute atomic E-state index is 13.0. The van der Waals surface area contributed by atoms with Crippen LogP contribution in [0.15, 0.2) is 54.6 Å². The number of carbonyl (C=O) groups is 2. The number of halogens is 1. The molecule has 4 rings (SSSR count). The first-order valence-corrected chi connectivity index (χ1v) is 11.8. The van der Waals surface area contributed by atoms with E-state index < -0.39 is 17.6 Å². The lowest BCUT2D eigenvalue weighted by molar-refractivity contribution is -0.143. The van der Waals surface area contributed by atoms with Crippen molar-refractivity contribution in [2.75, 3.05) is 39.8 Å². The molecule has 0 saturated heterocycles. The monoisotopic (exact) mass is 526 g/mol. The van der Waals surface area contributed by atoms with Crippen LogP contribution < -0.4 is 24.4 Å². The van der Waals surface area contributed by atoms with Gasteiger partial charge in [0.1, 0.15) is 11.6 Å². The maximum Gasteiger partial charge on any atom is 0.323 e. The maximum atomic E-state index is 13.0. The smallest absolute Gasteiger partial charge is 0.323 e. The van der Waals surface area contributed by atoms with Crippen molar-refractivity contribution in [2.45, 2.75) is 18.1 Å². The van der Waals surface area contributed by atoms with Crippen LogP contribution in [0.3, 0.4) is 0 Å². The highest BCUT2D eigenvalue weighted by molar-refractivity contribution is 6.30. The molecule has 2 heterocycles. The number of fused-ring (bicyclic) bond motifs is 1. The Hall–Kier alpha value is -3.89. The third kappa shape index (κ3) is 5.16. The third-order valence-corrected chi connectivity index (χ3v) is 6.49. The second-order valence-corrected chi connectivity index (χ2v) is 8.70. The molecule has 0 bridgehead atoms. The van der Waals surface area contributed by atoms with Crippen molar-refractivity contribution in [3.8, 4) is 17.8 Å². The van der Waals surface area contributed by atoms with Gasteiger partial charge < -0.3 is 23.8 Å². The molecule has 0 fully saturated rings. The van der Waals surface area contributed by atoms with Crippen molar-refractivity contribution in [3.05, 3.63) is 70.7 Å². The molecule has 0 saturated carbocycles. The zero-order chi connectivity index (χ0) is 26.6. The molecule has 1 aliphatic rings. The molecule has 0 radical (unpaired) electrons. The van der Waals surface area contributed by atoms with Gasteiger partial charge in [0.15, 0.2) is 0 Å². The Morgan fingerprint density at radius 3 is 2.38 bits per heavy atom. The Kier molecular flexibility index (Phi) is 7.80. The Morgan fingerprint density at radius 1 is 1.08 bits per heavy atom. The molecule has 0 spiro atoms. The highest BCUT2D eigenvalue weighted by Gasteiger charge is 2.49. The average molecular weight is 527 g/mol. The SMILES string of the molecule is COC(=O)C[C@@H](Oc1nc(OC)cc(OC)n1)[C@@]1(c2ccccc2)NCC(=O)N(C)c2ccc(Cl)cc21. The summed E-state index contributed by atoms with van der Waals surface area (Å²) >= 11 is 6.48. The molecular formula is C26H27ClN4O6. The number of carbonyl (C=O) groups excluding carboxylic acids is 2. The summed E-state index contributed by atoms with van der Waals surface area (Å²) in [6, 6.07) is 16.0. The van der Waals surface area contributed by atoms with Gasteiger partial charge in [0.2, 0.25) is 17.7 Å². The topological polar surface area (TPSA) is 112 Å². The van der Waals surface area contributed by atoms with E-state index in [1.165, 1.54) is 27.4 Å². The Morgan fingerprint density at radius 2 is 1.76 bits per heavy atom. The summed E-state index contributed by atoms with van der Waals surface area (Å²) in [7, 11) is 5.89. The lowest BCUT2D eigenvalue weighted by Crippen LogP contribution is -2.56. The van der Waals surface area contributed by atoms with Crippen molar-refractivity contribution >= 4 is 29.2 Å². The zero-order valence-electron chi connectivity index (χ0n) is 20.9. The number of rotatable bonds is 8. The molecular weight excluding hydrogens is 500 g/mol. The average Bonchev–Trinajstić information content (AvgIpc) is 3.03. The Labute approximate surface area is 219 Å². The number of ether oxygens (including phenoxy) is 4. The van der Waals surface area contributed by atoms with Gasteiger partial charge in [-0.1, -0.05) is 41.9 Å². The van der Waals surface area contributed by atoms with Crippen molar-refractivity contribution in [1.29, 1.82) is 0 Å². The van der Waals surface area contributed by atoms with E-state index in [-0.39, 0.29) is 36.6 Å². The van der Waals surface area contributed by atoms with Crippen LogP contribution >= 0.6 is 11.6 Å². The number of amides is 1. The van der Waals surface area contributed by atoms with Gasteiger partial charge in [0.05, 0.1) is 40.4 Å². The van der Waals surface area contributed by atoms with Crippen LogP contribution in [0.2, 0.25) is 5.02 Å². The number of nitrogens with one attached hydrogen (secondary N) is 1. The van der Waals surface area contributed by atoms with Gasteiger partial charge in [-0.15, -0.1) is 0 Å². The predicted octanol–water partition coefficient (Wildman–Crippen LogP) is 2.97. The van der Waals surface area contributed by atoms with E-state index in [4.69, 9.17) is 30.5 Å². The molecule has 1 amide bonds. The normalized spacial score (nSPS) is 17.9. The van der Waals surface area contributed by atoms with Gasteiger partial charge in [-0.2, -0.15) is 9.97 Å². The molecule has 10 nitrogen and oxygen atoms in total. The standard InChI is InChI=1S/C26H27ClN4O6/c1-31-19-11-10-17(27)12-18(19)26(28-15-23(31)32,16-8-6-5-7-9-16)20(13-24(33)36-4)37-25-29-21(34-2)14-22(30-25)35-3/h5-12,14,20,28H,13,15H2,1-4H3/t20-,26+/m1/s1. The summed E-state index contributed by atoms with van der Waals surface area (Å²) in [5.74, 6) is -0.304. The second-order valence-electron chi connectivity index (χ2n) is 8.26. The van der Waals surface area contributed by atoms with Crippen LogP contribution in [-0.2, 0) is 19.9 Å². The number of methoxy groups -OCH3 is 3. The van der Waals surface area contributed by atoms with E-state index in [9.17, 15) is 9.59 Å². The van der Waals surface area contributed by atoms with E-state index in [1.807, 2.05) is 30.3 Å². The van der Waals surface area contributed by atoms with Crippen molar-refractivity contribution in [2.24, 2.45) is 0 Å². The largest absolute Gasteiger partial charge is 0.481 e. The Balaban J connectivity index is 2.00. The van der Waals surface area contributed by atoms with E-state index >= 15 is 0 Å². The van der Waals surface area contributed by atoms with Gasteiger partial charge in [0.25, 0.3) is 0 Å². The van der Waals surface area contributed by atoms with E-state index in [0.29, 0.717) is 16.3 Å². The number of nitrogens with zero attached hydrogens (tertiary/aromatic N) is 3. The van der Waals surface area contributed by atoms with Crippen molar-refractivity contribution in [1.82, 2.24) is 15.3 Å². The Bertz CT molecular complexity index is 1270. The molecule has 0 aliphatic carbocycles. The minimum Gasteiger partial charge on any atom is -0.481 e. The quantitative estimate of drug-likeness (QED) is 0.443. The van der Waals surface area contributed by atoms with Crippen LogP contribution in [0, 0.1) is 0 Å². The summed E-state index contributed by atoms with van der Waals surface area (Å²) in [4.78, 5) is 35.9. The van der Waals surface area contributed by atoms with E-state index in [0.717, 1.165) is 5.56 Å². The summed E-state index contributed by atoms with van der Waals surface area (Å²) in [6.07, 6.45) is -1.22. The zero-order valence-corrected chi connectivity index (χ0v) is 21.6. The molecule has 194 valence electrons. The van der Waals surface area contributed by atoms with Gasteiger partial charge in [0, 0.05) is 23.3 Å². The van der Waals surface area contributed by atoms with Crippen LogP contribution in [0.4, 0.5) is 5.69 Å². The number of hydrogen-bond acceptors (Lipinski definition) is 9. The van der Waals surface area contributed by atoms with Crippen LogP contribution in [-0.4, -0.2) is 62.9 Å². The number of aromatic nitrogens is 2. The molecule has 2 atom stereocenters. The first-order chi connectivity index (χ1) is 17.8. The van der Waals surface area contributed by atoms with Gasteiger partial charge in [-0.25, -0.2) is 0 Å². The highest BCUT2D eigenvalue weighted by Crippen LogP contribution is 2.43. The molecule has 1 aromatic heterocycles. The molecule has 11 heteroatoms. The third-order valence-electron chi connectivity index (χ3n) is 6.25. The fourth-order valence-corrected chi connectivity index (χ4v) is 4.57. The summed E-state index contributed by atoms with van der Waals surface area (Å²) in [5, 5.41) is 3.83. The summed E-state index contributed by atoms with van der Waals surface area (Å²) in [6.45, 7) is -0.0545. The molecule has 3 aromatic rings. The highest BCUT2D eigenvalue weighted by atomic mass is 35.5. The molecule has 0 unspecified atom stereocenters. The first-order valence-electron chi connectivity index (χ1n) is 11.4. The van der Waals surface area contributed by atoms with Crippen molar-refractivity contribution in [3.63, 3.8) is 0 Å². The predicted molar refractivity (Wildman–Crippen MR) is 136 cm³/mol. The molecule has 1 aliphatic heterocycles. The molecule has 37 heavy (non-hydrogen) atoms. The second kappa shape index (κ2) is 11.0. The summed E-state index contributed by atoms with van der Waals surface area (Å²) < 4.78 is 21.9. The van der Waals surface area contributed by atoms with Gasteiger partial charge in [-0.3, -0.25) is 14.9 Å². The number of likely N-dealkylation sites (N-methyl/N-ethyl adjacent to an activating group) is 1. The fraction of sp³-hybridized carbons (Fsp3) is 0.308. The molecule has 2 aromatic carbocycles. The lowest BCUT2D eigenvalue weighted by atomic mass is 9.76. The minimum absolute atomic E-state index is 0.0545. The van der Waals surface area contributed by atoms with Crippen molar-refractivity contribution < 1.29 is 28.5 Å². The van der Waals surface area contributed by atoms with E-state index in [2.05, 4.69) is 15.3 Å². The van der Waals surface area contributed by atoms with Crippen LogP contribution in [0.5, 0.6) is 17.8 Å². The minimum atomic E-state index is -1.25. The lowest BCUT2D eigenvalue weighted by Gasteiger charge is -2.41. The number of hydrogen-bond donors (Lipinski definition) is 1. The fourth-order valence-electron chi connectivity index (χ4n) is 4.40. The van der Waals surface area contributed by atoms with Crippen LogP contribution in [0.25, 0.3) is 0 Å². The number of anilines is 1. The van der Waals surface area contributed by atoms with Gasteiger partial charge in [-0.05, 0) is 23.8 Å². The number of benzene rings is 2. The van der Waals surface area contributed by atoms with Gasteiger partial charge >= 0.3 is 12.0 Å². The number of esters is 1.